The summed E-state index contributed by atoms with van der Waals surface area (Å²) in [5.74, 6) is 0.580. The summed E-state index contributed by atoms with van der Waals surface area (Å²) in [7, 11) is -0.798. The minimum atomic E-state index is -1.26. The highest BCUT2D eigenvalue weighted by Crippen LogP contribution is 2.33. The lowest BCUT2D eigenvalue weighted by atomic mass is 9.77. The van der Waals surface area contributed by atoms with Gasteiger partial charge in [0, 0.05) is 12.0 Å². The Morgan fingerprint density at radius 3 is 2.77 bits per heavy atom. The molecule has 0 saturated carbocycles. The van der Waals surface area contributed by atoms with Crippen LogP contribution in [0.4, 0.5) is 4.79 Å². The summed E-state index contributed by atoms with van der Waals surface area (Å²) >= 11 is 0. The van der Waals surface area contributed by atoms with Crippen LogP contribution in [-0.4, -0.2) is 61.0 Å². The van der Waals surface area contributed by atoms with Gasteiger partial charge in [-0.05, 0) is 32.4 Å². The van der Waals surface area contributed by atoms with Crippen molar-refractivity contribution in [1.82, 2.24) is 5.32 Å². The van der Waals surface area contributed by atoms with E-state index in [0.717, 1.165) is 5.56 Å². The second kappa shape index (κ2) is 7.07. The standard InChI is InChI=1S/C17H24BNO7/c1-16(2,3)24-15(22)19-7-13-11-5-4-6-12-14(11)18(25-13)26-17(8-20,9-21)10-23-12/h4-6,13,20-21H,7-10H2,1-3H3,(H,19,22). The predicted octanol–water partition coefficient (Wildman–Crippen LogP) is 0.110. The Kier molecular flexibility index (Phi) is 5.16. The largest absolute Gasteiger partial charge is 0.499 e. The van der Waals surface area contributed by atoms with Crippen molar-refractivity contribution in [2.45, 2.75) is 38.1 Å². The number of nitrogens with one attached hydrogen (secondary N) is 1. The molecule has 3 rings (SSSR count). The third kappa shape index (κ3) is 3.80. The van der Waals surface area contributed by atoms with Crippen LogP contribution in [0.15, 0.2) is 18.2 Å². The van der Waals surface area contributed by atoms with Crippen molar-refractivity contribution in [2.24, 2.45) is 0 Å². The second-order valence-electron chi connectivity index (χ2n) is 7.50. The van der Waals surface area contributed by atoms with Crippen molar-refractivity contribution in [3.8, 4) is 5.75 Å². The first-order valence-electron chi connectivity index (χ1n) is 8.54. The Hall–Kier alpha value is -1.81. The van der Waals surface area contributed by atoms with Gasteiger partial charge < -0.3 is 34.3 Å². The number of carbonyl (C=O) groups excluding carboxylic acids is 1. The van der Waals surface area contributed by atoms with E-state index in [0.29, 0.717) is 11.2 Å². The first kappa shape index (κ1) is 19.0. The molecule has 8 nitrogen and oxygen atoms in total. The topological polar surface area (TPSA) is 106 Å². The van der Waals surface area contributed by atoms with Crippen LogP contribution in [0.5, 0.6) is 5.75 Å². The SMILES string of the molecule is CC(C)(C)OC(=O)NCC1OB2OC(CO)(CO)COc3cccc1c32. The van der Waals surface area contributed by atoms with E-state index < -0.39 is 43.7 Å². The number of hydrogen-bond donors (Lipinski definition) is 3. The second-order valence-corrected chi connectivity index (χ2v) is 7.50. The highest BCUT2D eigenvalue weighted by molar-refractivity contribution is 6.64. The third-order valence-corrected chi connectivity index (χ3v) is 4.23. The van der Waals surface area contributed by atoms with Gasteiger partial charge in [0.1, 0.15) is 23.6 Å². The average molecular weight is 365 g/mol. The van der Waals surface area contributed by atoms with Crippen LogP contribution in [0.25, 0.3) is 0 Å². The molecule has 0 aliphatic carbocycles. The van der Waals surface area contributed by atoms with Crippen molar-refractivity contribution in [3.63, 3.8) is 0 Å². The van der Waals surface area contributed by atoms with Crippen LogP contribution in [0.3, 0.4) is 0 Å². The number of rotatable bonds is 4. The number of carbonyl (C=O) groups is 1. The molecule has 1 aromatic carbocycles. The number of ether oxygens (including phenoxy) is 2. The summed E-state index contributed by atoms with van der Waals surface area (Å²) in [6, 6.07) is 5.48. The Bertz CT molecular complexity index is 672. The van der Waals surface area contributed by atoms with Gasteiger partial charge >= 0.3 is 13.2 Å². The highest BCUT2D eigenvalue weighted by Gasteiger charge is 2.48. The molecule has 2 aliphatic heterocycles. The zero-order valence-corrected chi connectivity index (χ0v) is 15.2. The monoisotopic (exact) mass is 365 g/mol. The molecule has 1 amide bonds. The summed E-state index contributed by atoms with van der Waals surface area (Å²) in [5.41, 5.74) is -0.301. The summed E-state index contributed by atoms with van der Waals surface area (Å²) in [6.45, 7) is 4.75. The Morgan fingerprint density at radius 2 is 2.12 bits per heavy atom. The lowest BCUT2D eigenvalue weighted by Gasteiger charge is -2.29. The minimum absolute atomic E-state index is 0.0111. The Labute approximate surface area is 152 Å². The van der Waals surface area contributed by atoms with E-state index in [1.165, 1.54) is 0 Å². The molecule has 9 heteroatoms. The fourth-order valence-electron chi connectivity index (χ4n) is 2.93. The smallest absolute Gasteiger partial charge is 0.491 e. The number of alkyl carbamates (subject to hydrolysis) is 1. The molecule has 1 atom stereocenters. The molecule has 142 valence electrons. The van der Waals surface area contributed by atoms with Gasteiger partial charge in [0.05, 0.1) is 19.3 Å². The lowest BCUT2D eigenvalue weighted by Crippen LogP contribution is -2.50. The zero-order valence-electron chi connectivity index (χ0n) is 15.2. The van der Waals surface area contributed by atoms with Gasteiger partial charge in [0.2, 0.25) is 0 Å². The molecular formula is C17H24BNO7. The van der Waals surface area contributed by atoms with Crippen molar-refractivity contribution >= 4 is 18.7 Å². The molecule has 1 unspecified atom stereocenters. The van der Waals surface area contributed by atoms with Gasteiger partial charge in [-0.3, -0.25) is 0 Å². The first-order chi connectivity index (χ1) is 12.3. The summed E-state index contributed by atoms with van der Waals surface area (Å²) < 4.78 is 22.8. The number of aliphatic hydroxyl groups excluding tert-OH is 2. The number of amides is 1. The third-order valence-electron chi connectivity index (χ3n) is 4.23. The van der Waals surface area contributed by atoms with E-state index in [2.05, 4.69) is 5.32 Å². The molecule has 26 heavy (non-hydrogen) atoms. The van der Waals surface area contributed by atoms with Gasteiger partial charge in [-0.25, -0.2) is 4.79 Å². The molecule has 3 N–H and O–H groups in total. The van der Waals surface area contributed by atoms with Crippen molar-refractivity contribution < 1.29 is 33.8 Å². The lowest BCUT2D eigenvalue weighted by molar-refractivity contribution is -0.0726. The van der Waals surface area contributed by atoms with Crippen LogP contribution in [-0.2, 0) is 14.0 Å². The molecule has 1 aromatic rings. The van der Waals surface area contributed by atoms with Gasteiger partial charge in [0.25, 0.3) is 0 Å². The van der Waals surface area contributed by atoms with Crippen LogP contribution in [0.1, 0.15) is 32.4 Å². The summed E-state index contributed by atoms with van der Waals surface area (Å²) in [6.07, 6.45) is -0.995. The van der Waals surface area contributed by atoms with Crippen LogP contribution < -0.4 is 15.5 Å². The first-order valence-corrected chi connectivity index (χ1v) is 8.54. The quantitative estimate of drug-likeness (QED) is 0.651. The molecule has 0 spiro atoms. The summed E-state index contributed by atoms with van der Waals surface area (Å²) in [5, 5.41) is 22.0. The molecule has 0 aromatic heterocycles. The number of aliphatic hydroxyl groups is 2. The fourth-order valence-corrected chi connectivity index (χ4v) is 2.93. The molecule has 2 aliphatic rings. The summed E-state index contributed by atoms with van der Waals surface area (Å²) in [4.78, 5) is 11.9. The van der Waals surface area contributed by atoms with E-state index in [-0.39, 0.29) is 13.2 Å². The van der Waals surface area contributed by atoms with Crippen molar-refractivity contribution in [1.29, 1.82) is 0 Å². The van der Waals surface area contributed by atoms with Crippen molar-refractivity contribution in [2.75, 3.05) is 26.4 Å². The van der Waals surface area contributed by atoms with Crippen LogP contribution >= 0.6 is 0 Å². The molecule has 0 saturated heterocycles. The van der Waals surface area contributed by atoms with Crippen LogP contribution in [0, 0.1) is 0 Å². The number of hydrogen-bond acceptors (Lipinski definition) is 7. The van der Waals surface area contributed by atoms with Gasteiger partial charge in [0.15, 0.2) is 0 Å². The maximum Gasteiger partial charge on any atom is 0.499 e. The van der Waals surface area contributed by atoms with E-state index in [1.807, 2.05) is 12.1 Å². The Balaban J connectivity index is 1.76. The van der Waals surface area contributed by atoms with E-state index >= 15 is 0 Å². The highest BCUT2D eigenvalue weighted by atomic mass is 16.6. The van der Waals surface area contributed by atoms with Gasteiger partial charge in [-0.1, -0.05) is 12.1 Å². The molecular weight excluding hydrogens is 341 g/mol. The Morgan fingerprint density at radius 1 is 1.38 bits per heavy atom. The van der Waals surface area contributed by atoms with E-state index in [9.17, 15) is 15.0 Å². The molecule has 0 radical (unpaired) electrons. The van der Waals surface area contributed by atoms with E-state index in [4.69, 9.17) is 18.8 Å². The maximum absolute atomic E-state index is 11.9. The van der Waals surface area contributed by atoms with Crippen molar-refractivity contribution in [3.05, 3.63) is 23.8 Å². The average Bonchev–Trinajstić information content (AvgIpc) is 2.84. The number of benzene rings is 1. The molecule has 2 heterocycles. The van der Waals surface area contributed by atoms with Gasteiger partial charge in [-0.2, -0.15) is 0 Å². The van der Waals surface area contributed by atoms with Gasteiger partial charge in [-0.15, -0.1) is 0 Å². The van der Waals surface area contributed by atoms with E-state index in [1.54, 1.807) is 26.8 Å². The maximum atomic E-state index is 11.9. The fraction of sp³-hybridized carbons (Fsp3) is 0.588. The normalized spacial score (nSPS) is 20.8. The molecule has 0 fully saturated rings. The predicted molar refractivity (Wildman–Crippen MR) is 93.4 cm³/mol. The zero-order chi connectivity index (χ0) is 18.9. The van der Waals surface area contributed by atoms with Crippen LogP contribution in [0.2, 0.25) is 0 Å². The minimum Gasteiger partial charge on any atom is -0.491 e. The molecule has 0 bridgehead atoms.